The monoisotopic (exact) mass is 389 g/mol. The number of nitrogens with zero attached hydrogens (tertiary/aromatic N) is 3. The maximum absolute atomic E-state index is 11.8. The number of hydrogen-bond acceptors (Lipinski definition) is 7. The van der Waals surface area contributed by atoms with E-state index >= 15 is 0 Å². The Morgan fingerprint density at radius 2 is 2.04 bits per heavy atom. The Morgan fingerprint density at radius 1 is 1.22 bits per heavy atom. The molecular weight excluding hydrogens is 366 g/mol. The first kappa shape index (κ1) is 18.2. The van der Waals surface area contributed by atoms with Crippen LogP contribution < -0.4 is 9.47 Å². The SMILES string of the molecule is CCOC(=O)CSc1nnc(-c2ccc3c(c2)OCO3)n1C1CCCCC1. The number of esters is 1. The predicted octanol–water partition coefficient (Wildman–Crippen LogP) is 3.83. The molecule has 1 fully saturated rings. The molecule has 1 saturated carbocycles. The van der Waals surface area contributed by atoms with Crippen molar-refractivity contribution in [2.75, 3.05) is 19.2 Å². The average molecular weight is 389 g/mol. The lowest BCUT2D eigenvalue weighted by molar-refractivity contribution is -0.139. The second-order valence-corrected chi connectivity index (χ2v) is 7.57. The van der Waals surface area contributed by atoms with Crippen LogP contribution in [0.2, 0.25) is 0 Å². The second-order valence-electron chi connectivity index (χ2n) is 6.63. The number of rotatable bonds is 6. The Kier molecular flexibility index (Phi) is 5.52. The van der Waals surface area contributed by atoms with Crippen molar-refractivity contribution >= 4 is 17.7 Å². The fourth-order valence-electron chi connectivity index (χ4n) is 3.60. The summed E-state index contributed by atoms with van der Waals surface area (Å²) in [5.74, 6) is 2.29. The molecule has 1 aliphatic carbocycles. The molecule has 7 nitrogen and oxygen atoms in total. The molecular formula is C19H23N3O4S. The van der Waals surface area contributed by atoms with Gasteiger partial charge in [-0.1, -0.05) is 31.0 Å². The van der Waals surface area contributed by atoms with Gasteiger partial charge in [0.2, 0.25) is 6.79 Å². The van der Waals surface area contributed by atoms with Crippen LogP contribution >= 0.6 is 11.8 Å². The van der Waals surface area contributed by atoms with Gasteiger partial charge in [0, 0.05) is 11.6 Å². The molecule has 0 spiro atoms. The first-order chi connectivity index (χ1) is 13.3. The first-order valence-electron chi connectivity index (χ1n) is 9.39. The smallest absolute Gasteiger partial charge is 0.316 e. The number of aromatic nitrogens is 3. The van der Waals surface area contributed by atoms with Crippen molar-refractivity contribution in [3.8, 4) is 22.9 Å². The second kappa shape index (κ2) is 8.21. The normalized spacial score (nSPS) is 16.5. The quantitative estimate of drug-likeness (QED) is 0.549. The Balaban J connectivity index is 1.65. The van der Waals surface area contributed by atoms with Crippen molar-refractivity contribution < 1.29 is 19.0 Å². The van der Waals surface area contributed by atoms with Crippen LogP contribution in [-0.4, -0.2) is 39.9 Å². The zero-order chi connectivity index (χ0) is 18.6. The summed E-state index contributed by atoms with van der Waals surface area (Å²) in [4.78, 5) is 11.8. The van der Waals surface area contributed by atoms with Crippen LogP contribution in [0.4, 0.5) is 0 Å². The fraction of sp³-hybridized carbons (Fsp3) is 0.526. The van der Waals surface area contributed by atoms with Gasteiger partial charge in [-0.2, -0.15) is 0 Å². The number of ether oxygens (including phenoxy) is 3. The maximum atomic E-state index is 11.8. The Labute approximate surface area is 162 Å². The maximum Gasteiger partial charge on any atom is 0.316 e. The van der Waals surface area contributed by atoms with Crippen molar-refractivity contribution in [3.63, 3.8) is 0 Å². The van der Waals surface area contributed by atoms with Crippen LogP contribution in [0.1, 0.15) is 45.1 Å². The molecule has 0 atom stereocenters. The fourth-order valence-corrected chi connectivity index (χ4v) is 4.41. The topological polar surface area (TPSA) is 75.5 Å². The highest BCUT2D eigenvalue weighted by molar-refractivity contribution is 7.99. The van der Waals surface area contributed by atoms with Gasteiger partial charge in [0.25, 0.3) is 0 Å². The summed E-state index contributed by atoms with van der Waals surface area (Å²) in [6.07, 6.45) is 5.87. The lowest BCUT2D eigenvalue weighted by Gasteiger charge is -2.25. The molecule has 0 unspecified atom stereocenters. The average Bonchev–Trinajstić information content (AvgIpc) is 3.33. The van der Waals surface area contributed by atoms with Gasteiger partial charge in [0.05, 0.1) is 12.4 Å². The van der Waals surface area contributed by atoms with E-state index in [4.69, 9.17) is 14.2 Å². The minimum Gasteiger partial charge on any atom is -0.465 e. The number of carbonyl (C=O) groups is 1. The number of hydrogen-bond donors (Lipinski definition) is 0. The van der Waals surface area contributed by atoms with Gasteiger partial charge < -0.3 is 14.2 Å². The largest absolute Gasteiger partial charge is 0.465 e. The third-order valence-electron chi connectivity index (χ3n) is 4.86. The summed E-state index contributed by atoms with van der Waals surface area (Å²) in [6.45, 7) is 2.44. The molecule has 0 amide bonds. The van der Waals surface area contributed by atoms with Gasteiger partial charge in [0.1, 0.15) is 0 Å². The molecule has 2 heterocycles. The van der Waals surface area contributed by atoms with Crippen molar-refractivity contribution in [1.82, 2.24) is 14.8 Å². The van der Waals surface area contributed by atoms with Gasteiger partial charge in [-0.3, -0.25) is 9.36 Å². The summed E-state index contributed by atoms with van der Waals surface area (Å²) in [5.41, 5.74) is 0.945. The third-order valence-corrected chi connectivity index (χ3v) is 5.78. The highest BCUT2D eigenvalue weighted by atomic mass is 32.2. The summed E-state index contributed by atoms with van der Waals surface area (Å²) in [5, 5.41) is 9.61. The first-order valence-corrected chi connectivity index (χ1v) is 10.4. The summed E-state index contributed by atoms with van der Waals surface area (Å²) >= 11 is 1.39. The molecule has 0 N–H and O–H groups in total. The Hall–Kier alpha value is -2.22. The lowest BCUT2D eigenvalue weighted by atomic mass is 9.95. The molecule has 2 aromatic rings. The molecule has 2 aliphatic rings. The predicted molar refractivity (Wildman–Crippen MR) is 101 cm³/mol. The summed E-state index contributed by atoms with van der Waals surface area (Å²) < 4.78 is 18.2. The molecule has 0 radical (unpaired) electrons. The molecule has 0 saturated heterocycles. The van der Waals surface area contributed by atoms with Gasteiger partial charge in [-0.15, -0.1) is 10.2 Å². The van der Waals surface area contributed by atoms with Crippen LogP contribution in [0.25, 0.3) is 11.4 Å². The van der Waals surface area contributed by atoms with Crippen LogP contribution in [0, 0.1) is 0 Å². The van der Waals surface area contributed by atoms with Crippen LogP contribution in [0.15, 0.2) is 23.4 Å². The zero-order valence-electron chi connectivity index (χ0n) is 15.3. The van der Waals surface area contributed by atoms with Crippen LogP contribution in [-0.2, 0) is 9.53 Å². The van der Waals surface area contributed by atoms with E-state index in [2.05, 4.69) is 14.8 Å². The molecule has 27 heavy (non-hydrogen) atoms. The van der Waals surface area contributed by atoms with E-state index in [9.17, 15) is 4.79 Å². The highest BCUT2D eigenvalue weighted by Crippen LogP contribution is 2.39. The number of carbonyl (C=O) groups excluding carboxylic acids is 1. The molecule has 1 aromatic heterocycles. The summed E-state index contributed by atoms with van der Waals surface area (Å²) in [6, 6.07) is 6.18. The standard InChI is InChI=1S/C19H23N3O4S/c1-2-24-17(23)11-27-19-21-20-18(22(19)14-6-4-3-5-7-14)13-8-9-15-16(10-13)26-12-25-15/h8-10,14H,2-7,11-12H2,1H3. The zero-order valence-corrected chi connectivity index (χ0v) is 16.2. The van der Waals surface area contributed by atoms with Gasteiger partial charge in [0.15, 0.2) is 22.5 Å². The molecule has 1 aromatic carbocycles. The third kappa shape index (κ3) is 3.90. The van der Waals surface area contributed by atoms with E-state index in [1.807, 2.05) is 25.1 Å². The van der Waals surface area contributed by atoms with E-state index < -0.39 is 0 Å². The molecule has 4 rings (SSSR count). The summed E-state index contributed by atoms with van der Waals surface area (Å²) in [7, 11) is 0. The number of benzene rings is 1. The van der Waals surface area contributed by atoms with E-state index in [-0.39, 0.29) is 18.5 Å². The van der Waals surface area contributed by atoms with Crippen LogP contribution in [0.3, 0.4) is 0 Å². The number of thioether (sulfide) groups is 1. The van der Waals surface area contributed by atoms with E-state index in [0.717, 1.165) is 40.9 Å². The van der Waals surface area contributed by atoms with Crippen molar-refractivity contribution in [2.45, 2.75) is 50.2 Å². The van der Waals surface area contributed by atoms with Crippen molar-refractivity contribution in [2.24, 2.45) is 0 Å². The molecule has 144 valence electrons. The van der Waals surface area contributed by atoms with Gasteiger partial charge in [-0.25, -0.2) is 0 Å². The molecule has 8 heteroatoms. The minimum atomic E-state index is -0.231. The lowest BCUT2D eigenvalue weighted by Crippen LogP contribution is -2.16. The van der Waals surface area contributed by atoms with E-state index in [1.165, 1.54) is 31.0 Å². The van der Waals surface area contributed by atoms with Gasteiger partial charge in [-0.05, 0) is 38.0 Å². The van der Waals surface area contributed by atoms with Crippen molar-refractivity contribution in [3.05, 3.63) is 18.2 Å². The molecule has 0 bridgehead atoms. The number of fused-ring (bicyclic) bond motifs is 1. The minimum absolute atomic E-state index is 0.231. The van der Waals surface area contributed by atoms with E-state index in [1.54, 1.807) is 0 Å². The van der Waals surface area contributed by atoms with Crippen molar-refractivity contribution in [1.29, 1.82) is 0 Å². The molecule has 1 aliphatic heterocycles. The van der Waals surface area contributed by atoms with Crippen LogP contribution in [0.5, 0.6) is 11.5 Å². The Bertz CT molecular complexity index is 817. The van der Waals surface area contributed by atoms with Gasteiger partial charge >= 0.3 is 5.97 Å². The van der Waals surface area contributed by atoms with E-state index in [0.29, 0.717) is 12.6 Å². The Morgan fingerprint density at radius 3 is 2.85 bits per heavy atom. The highest BCUT2D eigenvalue weighted by Gasteiger charge is 2.25.